The van der Waals surface area contributed by atoms with E-state index < -0.39 is 17.7 Å². The van der Waals surface area contributed by atoms with E-state index >= 15 is 0 Å². The summed E-state index contributed by atoms with van der Waals surface area (Å²) in [7, 11) is 4.57. The first-order valence-electron chi connectivity index (χ1n) is 11.4. The Balaban J connectivity index is 1.75. The Morgan fingerprint density at radius 2 is 1.63 bits per heavy atom. The van der Waals surface area contributed by atoms with Gasteiger partial charge in [-0.3, -0.25) is 14.5 Å². The zero-order valence-corrected chi connectivity index (χ0v) is 20.2. The number of benzene rings is 2. The SMILES string of the molecule is COc1ccc([C@H]2C(=C(O)c3ccc(OC)c(OC)c3)C(=O)C(=O)N2CCN2CCOCC2)cc1. The largest absolute Gasteiger partial charge is 0.507 e. The van der Waals surface area contributed by atoms with Gasteiger partial charge in [0.1, 0.15) is 11.5 Å². The van der Waals surface area contributed by atoms with Crippen LogP contribution in [0.5, 0.6) is 17.2 Å². The molecule has 0 saturated carbocycles. The van der Waals surface area contributed by atoms with E-state index in [1.807, 2.05) is 0 Å². The average molecular weight is 483 g/mol. The predicted molar refractivity (Wildman–Crippen MR) is 129 cm³/mol. The lowest BCUT2D eigenvalue weighted by Crippen LogP contribution is -2.42. The minimum absolute atomic E-state index is 0.0364. The van der Waals surface area contributed by atoms with Gasteiger partial charge in [-0.25, -0.2) is 0 Å². The zero-order chi connectivity index (χ0) is 24.9. The van der Waals surface area contributed by atoms with Crippen molar-refractivity contribution in [1.82, 2.24) is 9.80 Å². The minimum atomic E-state index is -0.741. The molecule has 4 rings (SSSR count). The van der Waals surface area contributed by atoms with Crippen LogP contribution in [0.1, 0.15) is 17.2 Å². The molecule has 35 heavy (non-hydrogen) atoms. The van der Waals surface area contributed by atoms with Gasteiger partial charge in [0.05, 0.1) is 46.2 Å². The van der Waals surface area contributed by atoms with Crippen LogP contribution in [0.4, 0.5) is 0 Å². The van der Waals surface area contributed by atoms with Crippen LogP contribution in [-0.2, 0) is 14.3 Å². The lowest BCUT2D eigenvalue weighted by atomic mass is 9.95. The standard InChI is InChI=1S/C26H30N2O7/c1-32-19-7-4-17(5-8-19)23-22(24(29)18-6-9-20(33-2)21(16-18)34-3)25(30)26(31)28(23)11-10-27-12-14-35-15-13-27/h4-9,16,23,29H,10-15H2,1-3H3/t23-/m0/s1. The second kappa shape index (κ2) is 10.8. The number of aliphatic hydroxyl groups is 1. The Morgan fingerprint density at radius 3 is 2.26 bits per heavy atom. The summed E-state index contributed by atoms with van der Waals surface area (Å²) in [5.41, 5.74) is 1.09. The third-order valence-electron chi connectivity index (χ3n) is 6.39. The van der Waals surface area contributed by atoms with E-state index in [4.69, 9.17) is 18.9 Å². The molecule has 2 aromatic rings. The van der Waals surface area contributed by atoms with E-state index in [0.29, 0.717) is 54.7 Å². The molecule has 2 aliphatic heterocycles. The molecule has 2 aromatic carbocycles. The average Bonchev–Trinajstić information content (AvgIpc) is 3.16. The van der Waals surface area contributed by atoms with Crippen LogP contribution >= 0.6 is 0 Å². The van der Waals surface area contributed by atoms with Crippen LogP contribution in [-0.4, -0.2) is 87.3 Å². The van der Waals surface area contributed by atoms with E-state index in [2.05, 4.69) is 4.90 Å². The van der Waals surface area contributed by atoms with Crippen LogP contribution in [0, 0.1) is 0 Å². The van der Waals surface area contributed by atoms with Crippen molar-refractivity contribution < 1.29 is 33.6 Å². The molecule has 0 aromatic heterocycles. The normalized spacial score (nSPS) is 20.2. The molecule has 0 spiro atoms. The second-order valence-electron chi connectivity index (χ2n) is 8.29. The number of carbonyl (C=O) groups excluding carboxylic acids is 2. The molecular formula is C26H30N2O7. The minimum Gasteiger partial charge on any atom is -0.507 e. The molecule has 2 aliphatic rings. The number of morpholine rings is 1. The van der Waals surface area contributed by atoms with Crippen LogP contribution in [0.3, 0.4) is 0 Å². The summed E-state index contributed by atoms with van der Waals surface area (Å²) < 4.78 is 21.3. The highest BCUT2D eigenvalue weighted by atomic mass is 16.5. The molecule has 186 valence electrons. The lowest BCUT2D eigenvalue weighted by molar-refractivity contribution is -0.140. The Kier molecular flexibility index (Phi) is 7.57. The number of ketones is 1. The highest BCUT2D eigenvalue weighted by molar-refractivity contribution is 6.46. The van der Waals surface area contributed by atoms with E-state index in [1.165, 1.54) is 19.1 Å². The van der Waals surface area contributed by atoms with Crippen molar-refractivity contribution in [2.45, 2.75) is 6.04 Å². The van der Waals surface area contributed by atoms with Gasteiger partial charge in [0.25, 0.3) is 11.7 Å². The summed E-state index contributed by atoms with van der Waals surface area (Å²) in [6.45, 7) is 3.75. The fourth-order valence-corrected chi connectivity index (χ4v) is 4.46. The first kappa shape index (κ1) is 24.6. The Morgan fingerprint density at radius 1 is 0.943 bits per heavy atom. The molecule has 0 unspecified atom stereocenters. The van der Waals surface area contributed by atoms with Crippen molar-refractivity contribution in [3.05, 3.63) is 59.2 Å². The van der Waals surface area contributed by atoms with E-state index in [9.17, 15) is 14.7 Å². The van der Waals surface area contributed by atoms with Gasteiger partial charge in [0.2, 0.25) is 0 Å². The van der Waals surface area contributed by atoms with Crippen molar-refractivity contribution in [2.75, 3.05) is 60.7 Å². The number of likely N-dealkylation sites (tertiary alicyclic amines) is 1. The summed E-state index contributed by atoms with van der Waals surface area (Å²) in [4.78, 5) is 30.1. The molecule has 1 amide bonds. The molecule has 2 fully saturated rings. The van der Waals surface area contributed by atoms with Gasteiger partial charge in [-0.2, -0.15) is 0 Å². The second-order valence-corrected chi connectivity index (χ2v) is 8.29. The third-order valence-corrected chi connectivity index (χ3v) is 6.39. The Hall–Kier alpha value is -3.56. The molecule has 1 N–H and O–H groups in total. The Bertz CT molecular complexity index is 1110. The van der Waals surface area contributed by atoms with Gasteiger partial charge < -0.3 is 29.0 Å². The molecule has 9 heteroatoms. The molecule has 0 radical (unpaired) electrons. The first-order valence-corrected chi connectivity index (χ1v) is 11.4. The maximum atomic E-state index is 13.2. The quantitative estimate of drug-likeness (QED) is 0.348. The van der Waals surface area contributed by atoms with Crippen molar-refractivity contribution >= 4 is 17.4 Å². The van der Waals surface area contributed by atoms with Gasteiger partial charge in [0, 0.05) is 31.7 Å². The highest BCUT2D eigenvalue weighted by Gasteiger charge is 2.46. The van der Waals surface area contributed by atoms with E-state index in [1.54, 1.807) is 49.6 Å². The monoisotopic (exact) mass is 482 g/mol. The number of amides is 1. The molecule has 1 atom stereocenters. The molecule has 2 saturated heterocycles. The van der Waals surface area contributed by atoms with Crippen LogP contribution in [0.2, 0.25) is 0 Å². The predicted octanol–water partition coefficient (Wildman–Crippen LogP) is 2.47. The van der Waals surface area contributed by atoms with Crippen LogP contribution in [0.15, 0.2) is 48.0 Å². The van der Waals surface area contributed by atoms with Crippen molar-refractivity contribution in [3.63, 3.8) is 0 Å². The molecule has 2 heterocycles. The van der Waals surface area contributed by atoms with Crippen molar-refractivity contribution in [1.29, 1.82) is 0 Å². The lowest BCUT2D eigenvalue weighted by Gasteiger charge is -2.31. The first-order chi connectivity index (χ1) is 17.0. The number of rotatable bonds is 8. The number of hydrogen-bond acceptors (Lipinski definition) is 8. The topological polar surface area (TPSA) is 97.8 Å². The smallest absolute Gasteiger partial charge is 0.295 e. The number of ether oxygens (including phenoxy) is 4. The van der Waals surface area contributed by atoms with E-state index in [-0.39, 0.29) is 11.3 Å². The maximum Gasteiger partial charge on any atom is 0.295 e. The van der Waals surface area contributed by atoms with Gasteiger partial charge in [-0.15, -0.1) is 0 Å². The number of aliphatic hydroxyl groups excluding tert-OH is 1. The van der Waals surface area contributed by atoms with Crippen molar-refractivity contribution in [3.8, 4) is 17.2 Å². The molecular weight excluding hydrogens is 452 g/mol. The Labute approximate surface area is 204 Å². The number of nitrogens with zero attached hydrogens (tertiary/aromatic N) is 2. The summed E-state index contributed by atoms with van der Waals surface area (Å²) in [6.07, 6.45) is 0. The number of hydrogen-bond donors (Lipinski definition) is 1. The van der Waals surface area contributed by atoms with Gasteiger partial charge in [-0.1, -0.05) is 12.1 Å². The zero-order valence-electron chi connectivity index (χ0n) is 20.2. The fourth-order valence-electron chi connectivity index (χ4n) is 4.46. The molecule has 0 aliphatic carbocycles. The number of methoxy groups -OCH3 is 3. The fraction of sp³-hybridized carbons (Fsp3) is 0.385. The summed E-state index contributed by atoms with van der Waals surface area (Å²) in [5.74, 6) is -0.0834. The molecule has 0 bridgehead atoms. The number of carbonyl (C=O) groups is 2. The summed E-state index contributed by atoms with van der Waals surface area (Å²) >= 11 is 0. The van der Waals surface area contributed by atoms with Gasteiger partial charge in [-0.05, 0) is 35.9 Å². The third kappa shape index (κ3) is 4.96. The van der Waals surface area contributed by atoms with Crippen molar-refractivity contribution in [2.24, 2.45) is 0 Å². The van der Waals surface area contributed by atoms with E-state index in [0.717, 1.165) is 13.1 Å². The highest BCUT2D eigenvalue weighted by Crippen LogP contribution is 2.41. The maximum absolute atomic E-state index is 13.2. The summed E-state index contributed by atoms with van der Waals surface area (Å²) in [6, 6.07) is 11.3. The van der Waals surface area contributed by atoms with Crippen LogP contribution in [0.25, 0.3) is 5.76 Å². The van der Waals surface area contributed by atoms with Gasteiger partial charge >= 0.3 is 0 Å². The molecule has 9 nitrogen and oxygen atoms in total. The number of Topliss-reactive ketones (excluding diaryl/α,β-unsaturated/α-hetero) is 1. The van der Waals surface area contributed by atoms with Crippen LogP contribution < -0.4 is 14.2 Å². The summed E-state index contributed by atoms with van der Waals surface area (Å²) in [5, 5.41) is 11.3. The van der Waals surface area contributed by atoms with Gasteiger partial charge in [0.15, 0.2) is 11.5 Å².